The summed E-state index contributed by atoms with van der Waals surface area (Å²) in [5.74, 6) is 0.177. The van der Waals surface area contributed by atoms with Gasteiger partial charge in [-0.15, -0.1) is 24.8 Å². The first-order valence-corrected chi connectivity index (χ1v) is 10.2. The summed E-state index contributed by atoms with van der Waals surface area (Å²) in [5.41, 5.74) is 2.08. The van der Waals surface area contributed by atoms with E-state index in [0.29, 0.717) is 0 Å². The number of halogens is 2. The van der Waals surface area contributed by atoms with Crippen LogP contribution in [0.5, 0.6) is 0 Å². The van der Waals surface area contributed by atoms with Crippen LogP contribution in [0.3, 0.4) is 0 Å². The molecule has 1 aromatic rings. The van der Waals surface area contributed by atoms with Crippen molar-refractivity contribution in [2.24, 2.45) is 0 Å². The monoisotopic (exact) mass is 431 g/mol. The average Bonchev–Trinajstić information content (AvgIpc) is 2.70. The van der Waals surface area contributed by atoms with Crippen molar-refractivity contribution < 1.29 is 9.53 Å². The number of carbonyl (C=O) groups excluding carboxylic acids is 1. The van der Waals surface area contributed by atoms with E-state index in [1.54, 1.807) is 0 Å². The highest BCUT2D eigenvalue weighted by molar-refractivity contribution is 5.94. The van der Waals surface area contributed by atoms with Gasteiger partial charge in [-0.05, 0) is 30.7 Å². The van der Waals surface area contributed by atoms with Crippen LogP contribution < -0.4 is 0 Å². The Balaban J connectivity index is 0.00000196. The zero-order valence-corrected chi connectivity index (χ0v) is 18.6. The molecule has 3 rings (SSSR count). The minimum atomic E-state index is 0. The van der Waals surface area contributed by atoms with Gasteiger partial charge in [-0.2, -0.15) is 0 Å². The Labute approximate surface area is 182 Å². The summed E-state index contributed by atoms with van der Waals surface area (Å²) in [7, 11) is 0. The van der Waals surface area contributed by atoms with Crippen molar-refractivity contribution in [1.29, 1.82) is 0 Å². The van der Waals surface area contributed by atoms with E-state index in [1.807, 2.05) is 17.0 Å². The van der Waals surface area contributed by atoms with Gasteiger partial charge in [-0.1, -0.05) is 31.9 Å². The van der Waals surface area contributed by atoms with E-state index in [-0.39, 0.29) is 30.7 Å². The number of unbranched alkanes of at least 4 members (excludes halogenated alkanes) is 2. The molecule has 0 saturated carbocycles. The second-order valence-electron chi connectivity index (χ2n) is 7.43. The van der Waals surface area contributed by atoms with Crippen molar-refractivity contribution in [3.63, 3.8) is 0 Å². The van der Waals surface area contributed by atoms with Gasteiger partial charge in [0.25, 0.3) is 5.91 Å². The molecule has 28 heavy (non-hydrogen) atoms. The van der Waals surface area contributed by atoms with Crippen LogP contribution in [-0.2, 0) is 11.3 Å². The van der Waals surface area contributed by atoms with Gasteiger partial charge in [-0.3, -0.25) is 14.6 Å². The first-order valence-electron chi connectivity index (χ1n) is 10.2. The molecular weight excluding hydrogens is 397 g/mol. The maximum absolute atomic E-state index is 12.7. The summed E-state index contributed by atoms with van der Waals surface area (Å²) in [6, 6.07) is 8.19. The van der Waals surface area contributed by atoms with E-state index in [9.17, 15) is 4.79 Å². The normalized spacial score (nSPS) is 18.2. The van der Waals surface area contributed by atoms with Gasteiger partial charge in [0.2, 0.25) is 0 Å². The smallest absolute Gasteiger partial charge is 0.253 e. The molecule has 0 spiro atoms. The first-order chi connectivity index (χ1) is 12.8. The standard InChI is InChI=1S/C21H33N3O2.2ClH/c1-2-3-4-9-22-10-12-24(13-11-22)21(25)20-7-5-19(6-8-20)18-23-14-16-26-17-15-23;;/h5-8H,2-4,9-18H2,1H3;2*1H. The Morgan fingerprint density at radius 3 is 2.14 bits per heavy atom. The lowest BCUT2D eigenvalue weighted by Crippen LogP contribution is -2.48. The molecule has 0 N–H and O–H groups in total. The van der Waals surface area contributed by atoms with Gasteiger partial charge < -0.3 is 9.64 Å². The Hall–Kier alpha value is -0.850. The Morgan fingerprint density at radius 1 is 0.893 bits per heavy atom. The quantitative estimate of drug-likeness (QED) is 0.620. The number of nitrogens with zero attached hydrogens (tertiary/aromatic N) is 3. The molecule has 2 aliphatic rings. The molecule has 2 aliphatic heterocycles. The lowest BCUT2D eigenvalue weighted by Gasteiger charge is -2.34. The van der Waals surface area contributed by atoms with Crippen LogP contribution in [-0.4, -0.2) is 79.6 Å². The zero-order valence-electron chi connectivity index (χ0n) is 17.0. The fourth-order valence-corrected chi connectivity index (χ4v) is 3.71. The average molecular weight is 432 g/mol. The predicted octanol–water partition coefficient (Wildman–Crippen LogP) is 3.31. The van der Waals surface area contributed by atoms with Gasteiger partial charge in [0.05, 0.1) is 13.2 Å². The topological polar surface area (TPSA) is 36.0 Å². The van der Waals surface area contributed by atoms with Crippen molar-refractivity contribution >= 4 is 30.7 Å². The number of piperazine rings is 1. The van der Waals surface area contributed by atoms with E-state index < -0.39 is 0 Å². The van der Waals surface area contributed by atoms with Crippen molar-refractivity contribution in [2.75, 3.05) is 59.0 Å². The molecule has 0 aliphatic carbocycles. The fraction of sp³-hybridized carbons (Fsp3) is 0.667. The highest BCUT2D eigenvalue weighted by Crippen LogP contribution is 2.13. The van der Waals surface area contributed by atoms with Gasteiger partial charge in [0.1, 0.15) is 0 Å². The fourth-order valence-electron chi connectivity index (χ4n) is 3.71. The van der Waals surface area contributed by atoms with E-state index in [0.717, 1.165) is 64.6 Å². The number of hydrogen-bond acceptors (Lipinski definition) is 4. The SMILES string of the molecule is CCCCCN1CCN(C(=O)c2ccc(CN3CCOCC3)cc2)CC1.Cl.Cl. The summed E-state index contributed by atoms with van der Waals surface area (Å²) in [6.45, 7) is 11.7. The third kappa shape index (κ3) is 7.53. The summed E-state index contributed by atoms with van der Waals surface area (Å²) >= 11 is 0. The minimum absolute atomic E-state index is 0. The molecule has 2 heterocycles. The lowest BCUT2D eigenvalue weighted by atomic mass is 10.1. The van der Waals surface area contributed by atoms with Crippen LogP contribution in [0, 0.1) is 0 Å². The number of ether oxygens (including phenoxy) is 1. The van der Waals surface area contributed by atoms with Crippen LogP contribution in [0.4, 0.5) is 0 Å². The molecule has 5 nitrogen and oxygen atoms in total. The largest absolute Gasteiger partial charge is 0.379 e. The van der Waals surface area contributed by atoms with Crippen LogP contribution in [0.2, 0.25) is 0 Å². The number of rotatable bonds is 7. The number of amides is 1. The minimum Gasteiger partial charge on any atom is -0.379 e. The van der Waals surface area contributed by atoms with Crippen LogP contribution in [0.15, 0.2) is 24.3 Å². The predicted molar refractivity (Wildman–Crippen MR) is 119 cm³/mol. The molecule has 0 unspecified atom stereocenters. The maximum atomic E-state index is 12.7. The summed E-state index contributed by atoms with van der Waals surface area (Å²) in [6.07, 6.45) is 3.84. The first kappa shape index (κ1) is 25.2. The Kier molecular flexibility index (Phi) is 12.0. The molecule has 1 amide bonds. The molecule has 1 aromatic carbocycles. The third-order valence-corrected chi connectivity index (χ3v) is 5.45. The third-order valence-electron chi connectivity index (χ3n) is 5.45. The molecule has 0 atom stereocenters. The van der Waals surface area contributed by atoms with Crippen molar-refractivity contribution in [1.82, 2.24) is 14.7 Å². The number of morpholine rings is 1. The highest BCUT2D eigenvalue weighted by Gasteiger charge is 2.21. The molecule has 7 heteroatoms. The van der Waals surface area contributed by atoms with Gasteiger partial charge in [0, 0.05) is 51.4 Å². The second-order valence-corrected chi connectivity index (χ2v) is 7.43. The summed E-state index contributed by atoms with van der Waals surface area (Å²) in [5, 5.41) is 0. The van der Waals surface area contributed by atoms with E-state index in [1.165, 1.54) is 31.4 Å². The molecule has 2 fully saturated rings. The molecule has 0 aromatic heterocycles. The van der Waals surface area contributed by atoms with E-state index >= 15 is 0 Å². The number of hydrogen-bond donors (Lipinski definition) is 0. The van der Waals surface area contributed by atoms with Crippen molar-refractivity contribution in [3.05, 3.63) is 35.4 Å². The van der Waals surface area contributed by atoms with Crippen LogP contribution >= 0.6 is 24.8 Å². The molecule has 0 radical (unpaired) electrons. The molecule has 160 valence electrons. The van der Waals surface area contributed by atoms with Gasteiger partial charge in [0.15, 0.2) is 0 Å². The second kappa shape index (κ2) is 13.4. The van der Waals surface area contributed by atoms with Crippen molar-refractivity contribution in [3.8, 4) is 0 Å². The van der Waals surface area contributed by atoms with Gasteiger partial charge >= 0.3 is 0 Å². The number of carbonyl (C=O) groups is 1. The summed E-state index contributed by atoms with van der Waals surface area (Å²) < 4.78 is 5.39. The lowest BCUT2D eigenvalue weighted by molar-refractivity contribution is 0.0342. The van der Waals surface area contributed by atoms with E-state index in [2.05, 4.69) is 28.9 Å². The van der Waals surface area contributed by atoms with E-state index in [4.69, 9.17) is 4.74 Å². The summed E-state index contributed by atoms with van der Waals surface area (Å²) in [4.78, 5) is 19.6. The highest BCUT2D eigenvalue weighted by atomic mass is 35.5. The van der Waals surface area contributed by atoms with Crippen molar-refractivity contribution in [2.45, 2.75) is 32.7 Å². The molecule has 0 bridgehead atoms. The molecular formula is C21H35Cl2N3O2. The molecule has 2 saturated heterocycles. The maximum Gasteiger partial charge on any atom is 0.253 e. The zero-order chi connectivity index (χ0) is 18.2. The van der Waals surface area contributed by atoms with Gasteiger partial charge in [-0.25, -0.2) is 0 Å². The Morgan fingerprint density at radius 2 is 1.54 bits per heavy atom. The van der Waals surface area contributed by atoms with Crippen LogP contribution in [0.25, 0.3) is 0 Å². The van der Waals surface area contributed by atoms with Crippen LogP contribution in [0.1, 0.15) is 42.1 Å². The number of benzene rings is 1. The Bertz CT molecular complexity index is 557.